The third-order valence-corrected chi connectivity index (χ3v) is 2.76. The van der Waals surface area contributed by atoms with Crippen molar-refractivity contribution >= 4 is 5.70 Å². The maximum Gasteiger partial charge on any atom is 0.256 e. The number of alkyl halides is 2. The molecule has 1 aliphatic rings. The van der Waals surface area contributed by atoms with Gasteiger partial charge in [0.1, 0.15) is 0 Å². The van der Waals surface area contributed by atoms with E-state index < -0.39 is 13.0 Å². The van der Waals surface area contributed by atoms with Crippen LogP contribution in [0.1, 0.15) is 11.1 Å². The smallest absolute Gasteiger partial charge is 0.256 e. The fraction of sp³-hybridized carbons (Fsp3) is 0.125. The molecule has 1 nitrogen and oxygen atoms in total. The molecule has 0 aliphatic carbocycles. The average molecular weight is 345 g/mol. The molecule has 0 fully saturated rings. The van der Waals surface area contributed by atoms with Crippen molar-refractivity contribution in [2.24, 2.45) is 0 Å². The molecule has 0 atom stereocenters. The molecule has 1 aromatic carbocycles. The van der Waals surface area contributed by atoms with Gasteiger partial charge in [0.15, 0.2) is 0 Å². The summed E-state index contributed by atoms with van der Waals surface area (Å²) < 4.78 is 25.3. The normalized spacial score (nSPS) is 13.8. The average Bonchev–Trinajstić information content (AvgIpc) is 2.41. The number of nitrogens with zero attached hydrogens (tertiary/aromatic N) is 1. The Hall–Kier alpha value is -1.24. The maximum absolute atomic E-state index is 12.6. The van der Waals surface area contributed by atoms with Gasteiger partial charge in [0.2, 0.25) is 0 Å². The molecule has 0 amide bonds. The second kappa shape index (κ2) is 7.52. The number of allylic oxidation sites excluding steroid dienone is 3. The number of hydrogen-bond donors (Lipinski definition) is 0. The second-order valence-electron chi connectivity index (χ2n) is 4.04. The van der Waals surface area contributed by atoms with Gasteiger partial charge in [-0.3, -0.25) is 0 Å². The topological polar surface area (TPSA) is 3.24 Å². The first-order chi connectivity index (χ1) is 9.11. The van der Waals surface area contributed by atoms with Crippen molar-refractivity contribution in [1.29, 1.82) is 0 Å². The van der Waals surface area contributed by atoms with Crippen molar-refractivity contribution in [3.8, 4) is 12.3 Å². The summed E-state index contributed by atoms with van der Waals surface area (Å²) in [6.07, 6.45) is 9.15. The SMILES string of the molecule is C#Cc1ccc(C2=[C-]C=CC(=C)N2CC(F)F)cc1.[Y]. The second-order valence-corrected chi connectivity index (χ2v) is 4.04. The van der Waals surface area contributed by atoms with Crippen LogP contribution in [0.15, 0.2) is 48.7 Å². The van der Waals surface area contributed by atoms with Crippen LogP contribution in [-0.2, 0) is 32.7 Å². The third kappa shape index (κ3) is 3.88. The van der Waals surface area contributed by atoms with Crippen molar-refractivity contribution in [3.05, 3.63) is 65.9 Å². The standard InChI is InChI=1S/C16H12F2N.Y/c1-3-13-7-9-14(10-8-13)15-6-4-5-12(2)19(15)11-16(17)18;/h1,4-5,7-10,16H,2,11H2;/q-1;. The van der Waals surface area contributed by atoms with Crippen LogP contribution in [0.3, 0.4) is 0 Å². The summed E-state index contributed by atoms with van der Waals surface area (Å²) in [7, 11) is 0. The molecule has 0 unspecified atom stereocenters. The van der Waals surface area contributed by atoms with Crippen LogP contribution in [0.5, 0.6) is 0 Å². The summed E-state index contributed by atoms with van der Waals surface area (Å²) in [5, 5.41) is 0. The minimum atomic E-state index is -2.44. The quantitative estimate of drug-likeness (QED) is 0.599. The molecule has 1 aromatic rings. The first-order valence-corrected chi connectivity index (χ1v) is 5.73. The van der Waals surface area contributed by atoms with Crippen molar-refractivity contribution < 1.29 is 41.5 Å². The Morgan fingerprint density at radius 2 is 1.95 bits per heavy atom. The van der Waals surface area contributed by atoms with Crippen molar-refractivity contribution in [1.82, 2.24) is 4.90 Å². The van der Waals surface area contributed by atoms with E-state index in [4.69, 9.17) is 6.42 Å². The van der Waals surface area contributed by atoms with Gasteiger partial charge in [-0.2, -0.15) is 12.2 Å². The summed E-state index contributed by atoms with van der Waals surface area (Å²) in [5.41, 5.74) is 2.63. The number of benzene rings is 1. The van der Waals surface area contributed by atoms with E-state index in [1.54, 1.807) is 36.4 Å². The Balaban J connectivity index is 0.00000200. The van der Waals surface area contributed by atoms with E-state index in [0.717, 1.165) is 11.1 Å². The predicted octanol–water partition coefficient (Wildman–Crippen LogP) is 3.46. The van der Waals surface area contributed by atoms with Gasteiger partial charge in [0, 0.05) is 38.3 Å². The summed E-state index contributed by atoms with van der Waals surface area (Å²) >= 11 is 0. The number of hydrogen-bond acceptors (Lipinski definition) is 1. The van der Waals surface area contributed by atoms with E-state index in [1.807, 2.05) is 0 Å². The molecule has 4 heteroatoms. The zero-order chi connectivity index (χ0) is 13.8. The van der Waals surface area contributed by atoms with Gasteiger partial charge in [-0.25, -0.2) is 8.78 Å². The van der Waals surface area contributed by atoms with Gasteiger partial charge in [-0.15, -0.1) is 24.6 Å². The van der Waals surface area contributed by atoms with Gasteiger partial charge in [0.25, 0.3) is 6.43 Å². The fourth-order valence-electron chi connectivity index (χ4n) is 1.84. The van der Waals surface area contributed by atoms with Crippen molar-refractivity contribution in [3.63, 3.8) is 0 Å². The van der Waals surface area contributed by atoms with Crippen LogP contribution >= 0.6 is 0 Å². The molecule has 0 bridgehead atoms. The zero-order valence-electron chi connectivity index (χ0n) is 10.8. The molecule has 1 aliphatic heterocycles. The summed E-state index contributed by atoms with van der Waals surface area (Å²) in [5.74, 6) is 2.51. The summed E-state index contributed by atoms with van der Waals surface area (Å²) in [6.45, 7) is 3.37. The number of halogens is 2. The largest absolute Gasteiger partial charge is 0.370 e. The Morgan fingerprint density at radius 3 is 2.50 bits per heavy atom. The molecule has 1 radical (unpaired) electrons. The predicted molar refractivity (Wildman–Crippen MR) is 72.0 cm³/mol. The van der Waals surface area contributed by atoms with Crippen LogP contribution in [0, 0.1) is 18.4 Å². The Bertz CT molecular complexity index is 579. The molecule has 0 spiro atoms. The molecule has 0 saturated heterocycles. The van der Waals surface area contributed by atoms with E-state index in [0.29, 0.717) is 11.4 Å². The van der Waals surface area contributed by atoms with Gasteiger partial charge >= 0.3 is 0 Å². The molecule has 0 N–H and O–H groups in total. The van der Waals surface area contributed by atoms with Crippen molar-refractivity contribution in [2.45, 2.75) is 6.43 Å². The van der Waals surface area contributed by atoms with E-state index in [2.05, 4.69) is 18.6 Å². The van der Waals surface area contributed by atoms with E-state index >= 15 is 0 Å². The summed E-state index contributed by atoms with van der Waals surface area (Å²) in [6, 6.07) is 7.13. The minimum absolute atomic E-state index is 0. The van der Waals surface area contributed by atoms with Gasteiger partial charge in [0.05, 0.1) is 6.54 Å². The van der Waals surface area contributed by atoms with Gasteiger partial charge in [-0.05, 0) is 5.70 Å². The first kappa shape index (κ1) is 16.8. The molecule has 0 aromatic heterocycles. The first-order valence-electron chi connectivity index (χ1n) is 5.73. The van der Waals surface area contributed by atoms with E-state index in [9.17, 15) is 8.78 Å². The molecule has 2 rings (SSSR count). The van der Waals surface area contributed by atoms with Gasteiger partial charge < -0.3 is 4.90 Å². The third-order valence-electron chi connectivity index (χ3n) is 2.76. The Morgan fingerprint density at radius 1 is 1.30 bits per heavy atom. The number of terminal acetylenes is 1. The molecule has 1 heterocycles. The van der Waals surface area contributed by atoms with Crippen LogP contribution in [0.25, 0.3) is 5.70 Å². The molecule has 0 saturated carbocycles. The van der Waals surface area contributed by atoms with Crippen LogP contribution in [0.4, 0.5) is 8.78 Å². The monoisotopic (exact) mass is 345 g/mol. The fourth-order valence-corrected chi connectivity index (χ4v) is 1.84. The van der Waals surface area contributed by atoms with Crippen LogP contribution < -0.4 is 0 Å². The Kier molecular flexibility index (Phi) is 6.32. The van der Waals surface area contributed by atoms with Crippen LogP contribution in [0.2, 0.25) is 0 Å². The molecular formula is C16H12F2NY-. The maximum atomic E-state index is 12.6. The van der Waals surface area contributed by atoms with E-state index in [-0.39, 0.29) is 32.7 Å². The minimum Gasteiger partial charge on any atom is -0.370 e. The molecule has 20 heavy (non-hydrogen) atoms. The summed E-state index contributed by atoms with van der Waals surface area (Å²) in [4.78, 5) is 1.45. The van der Waals surface area contributed by atoms with Gasteiger partial charge in [-0.1, -0.05) is 35.9 Å². The van der Waals surface area contributed by atoms with Crippen molar-refractivity contribution in [2.75, 3.05) is 6.54 Å². The zero-order valence-corrected chi connectivity index (χ0v) is 13.7. The Labute approximate surface area is 142 Å². The molecular weight excluding hydrogens is 333 g/mol. The van der Waals surface area contributed by atoms with E-state index in [1.165, 1.54) is 4.90 Å². The molecule has 99 valence electrons. The number of rotatable bonds is 3. The van der Waals surface area contributed by atoms with Crippen LogP contribution in [-0.4, -0.2) is 17.9 Å².